The molecule has 0 aromatic carbocycles. The molecule has 0 radical (unpaired) electrons. The molecular formula is C17H24N4. The number of hydrogen-bond acceptors (Lipinski definition) is 4. The van der Waals surface area contributed by atoms with E-state index in [0.717, 1.165) is 49.4 Å². The Bertz CT molecular complexity index is 564. The highest BCUT2D eigenvalue weighted by Gasteiger charge is 2.11. The van der Waals surface area contributed by atoms with E-state index in [2.05, 4.69) is 53.2 Å². The van der Waals surface area contributed by atoms with E-state index in [4.69, 9.17) is 0 Å². The van der Waals surface area contributed by atoms with Crippen molar-refractivity contribution in [3.8, 4) is 0 Å². The van der Waals surface area contributed by atoms with Gasteiger partial charge in [0.25, 0.3) is 0 Å². The SMILES string of the molecule is CCCc1c(Cc2ccc(CC)cn2)ncnc1NCC. The topological polar surface area (TPSA) is 50.7 Å². The summed E-state index contributed by atoms with van der Waals surface area (Å²) in [4.78, 5) is 13.4. The molecule has 0 bridgehead atoms. The molecule has 4 heteroatoms. The van der Waals surface area contributed by atoms with Gasteiger partial charge >= 0.3 is 0 Å². The Kier molecular flexibility index (Phi) is 5.67. The molecule has 1 N–H and O–H groups in total. The van der Waals surface area contributed by atoms with Crippen LogP contribution in [0, 0.1) is 0 Å². The zero-order valence-electron chi connectivity index (χ0n) is 13.2. The highest BCUT2D eigenvalue weighted by molar-refractivity contribution is 5.46. The molecule has 112 valence electrons. The van der Waals surface area contributed by atoms with Crippen molar-refractivity contribution < 1.29 is 0 Å². The molecule has 21 heavy (non-hydrogen) atoms. The molecule has 2 rings (SSSR count). The number of pyridine rings is 1. The number of anilines is 1. The van der Waals surface area contributed by atoms with Crippen LogP contribution in [0.2, 0.25) is 0 Å². The third-order valence-corrected chi connectivity index (χ3v) is 3.52. The fourth-order valence-electron chi connectivity index (χ4n) is 2.37. The Morgan fingerprint density at radius 3 is 2.52 bits per heavy atom. The lowest BCUT2D eigenvalue weighted by Gasteiger charge is -2.13. The smallest absolute Gasteiger partial charge is 0.132 e. The Hall–Kier alpha value is -1.97. The molecule has 0 aliphatic carbocycles. The van der Waals surface area contributed by atoms with E-state index >= 15 is 0 Å². The maximum atomic E-state index is 4.54. The predicted molar refractivity (Wildman–Crippen MR) is 86.6 cm³/mol. The highest BCUT2D eigenvalue weighted by Crippen LogP contribution is 2.19. The largest absolute Gasteiger partial charge is 0.370 e. The second kappa shape index (κ2) is 7.72. The maximum absolute atomic E-state index is 4.54. The first-order valence-corrected chi connectivity index (χ1v) is 7.78. The van der Waals surface area contributed by atoms with Crippen LogP contribution in [0.1, 0.15) is 49.7 Å². The molecule has 4 nitrogen and oxygen atoms in total. The van der Waals surface area contributed by atoms with Gasteiger partial charge in [-0.15, -0.1) is 0 Å². The third kappa shape index (κ3) is 4.00. The molecule has 0 aliphatic rings. The molecule has 2 aromatic heterocycles. The number of aromatic nitrogens is 3. The van der Waals surface area contributed by atoms with Crippen LogP contribution in [0.4, 0.5) is 5.82 Å². The van der Waals surface area contributed by atoms with E-state index in [0.29, 0.717) is 0 Å². The first kappa shape index (κ1) is 15.4. The molecule has 0 spiro atoms. The van der Waals surface area contributed by atoms with Gasteiger partial charge in [0.2, 0.25) is 0 Å². The summed E-state index contributed by atoms with van der Waals surface area (Å²) in [6.45, 7) is 7.28. The van der Waals surface area contributed by atoms with Gasteiger partial charge in [0.05, 0.1) is 5.69 Å². The summed E-state index contributed by atoms with van der Waals surface area (Å²) in [7, 11) is 0. The van der Waals surface area contributed by atoms with Gasteiger partial charge in [-0.3, -0.25) is 4.98 Å². The number of nitrogens with zero attached hydrogens (tertiary/aromatic N) is 3. The average molecular weight is 284 g/mol. The molecule has 0 amide bonds. The van der Waals surface area contributed by atoms with Crippen LogP contribution in [0.5, 0.6) is 0 Å². The molecule has 2 heterocycles. The fraction of sp³-hybridized carbons (Fsp3) is 0.471. The van der Waals surface area contributed by atoms with Gasteiger partial charge in [-0.25, -0.2) is 9.97 Å². The van der Waals surface area contributed by atoms with Gasteiger partial charge < -0.3 is 5.32 Å². The van der Waals surface area contributed by atoms with Crippen LogP contribution >= 0.6 is 0 Å². The van der Waals surface area contributed by atoms with Crippen molar-refractivity contribution >= 4 is 5.82 Å². The fourth-order valence-corrected chi connectivity index (χ4v) is 2.37. The summed E-state index contributed by atoms with van der Waals surface area (Å²) in [6.07, 6.45) is 7.47. The predicted octanol–water partition coefficient (Wildman–Crippen LogP) is 3.41. The Labute approximate surface area is 127 Å². The van der Waals surface area contributed by atoms with Crippen LogP contribution in [-0.4, -0.2) is 21.5 Å². The summed E-state index contributed by atoms with van der Waals surface area (Å²) >= 11 is 0. The van der Waals surface area contributed by atoms with Crippen molar-refractivity contribution in [1.29, 1.82) is 0 Å². The Balaban J connectivity index is 2.26. The zero-order chi connectivity index (χ0) is 15.1. The van der Waals surface area contributed by atoms with Crippen LogP contribution in [0.15, 0.2) is 24.7 Å². The van der Waals surface area contributed by atoms with E-state index in [-0.39, 0.29) is 0 Å². The van der Waals surface area contributed by atoms with Gasteiger partial charge in [0.1, 0.15) is 12.1 Å². The van der Waals surface area contributed by atoms with Crippen molar-refractivity contribution in [1.82, 2.24) is 15.0 Å². The molecule has 0 saturated carbocycles. The summed E-state index contributed by atoms with van der Waals surface area (Å²) in [5.41, 5.74) is 4.64. The van der Waals surface area contributed by atoms with Gasteiger partial charge in [-0.05, 0) is 31.4 Å². The number of nitrogens with one attached hydrogen (secondary N) is 1. The lowest BCUT2D eigenvalue weighted by Crippen LogP contribution is -2.09. The second-order valence-electron chi connectivity index (χ2n) is 5.12. The summed E-state index contributed by atoms with van der Waals surface area (Å²) in [5.74, 6) is 0.967. The molecular weight excluding hydrogens is 260 g/mol. The lowest BCUT2D eigenvalue weighted by atomic mass is 10.0. The maximum Gasteiger partial charge on any atom is 0.132 e. The standard InChI is InChI=1S/C17H24N4/c1-4-7-15-16(20-12-21-17(15)18-6-3)10-14-9-8-13(5-2)11-19-14/h8-9,11-12H,4-7,10H2,1-3H3,(H,18,20,21). The van der Waals surface area contributed by atoms with E-state index in [1.165, 1.54) is 11.1 Å². The molecule has 0 atom stereocenters. The first-order chi connectivity index (χ1) is 10.3. The normalized spacial score (nSPS) is 10.6. The third-order valence-electron chi connectivity index (χ3n) is 3.52. The molecule has 2 aromatic rings. The van der Waals surface area contributed by atoms with Crippen molar-refractivity contribution in [3.63, 3.8) is 0 Å². The van der Waals surface area contributed by atoms with E-state index in [9.17, 15) is 0 Å². The monoisotopic (exact) mass is 284 g/mol. The number of rotatable bonds is 7. The van der Waals surface area contributed by atoms with Gasteiger partial charge in [-0.2, -0.15) is 0 Å². The molecule has 0 saturated heterocycles. The van der Waals surface area contributed by atoms with Crippen LogP contribution in [-0.2, 0) is 19.3 Å². The highest BCUT2D eigenvalue weighted by atomic mass is 15.0. The minimum absolute atomic E-state index is 0.764. The van der Waals surface area contributed by atoms with Crippen molar-refractivity contribution in [2.75, 3.05) is 11.9 Å². The van der Waals surface area contributed by atoms with E-state index in [1.54, 1.807) is 6.33 Å². The van der Waals surface area contributed by atoms with Gasteiger partial charge in [0.15, 0.2) is 0 Å². The molecule has 0 aliphatic heterocycles. The lowest BCUT2D eigenvalue weighted by molar-refractivity contribution is 0.858. The first-order valence-electron chi connectivity index (χ1n) is 7.78. The summed E-state index contributed by atoms with van der Waals surface area (Å²) in [5, 5.41) is 3.33. The van der Waals surface area contributed by atoms with E-state index < -0.39 is 0 Å². The Morgan fingerprint density at radius 2 is 1.90 bits per heavy atom. The summed E-state index contributed by atoms with van der Waals surface area (Å²) < 4.78 is 0. The number of hydrogen-bond donors (Lipinski definition) is 1. The summed E-state index contributed by atoms with van der Waals surface area (Å²) in [6, 6.07) is 4.25. The van der Waals surface area contributed by atoms with Crippen LogP contribution < -0.4 is 5.32 Å². The minimum Gasteiger partial charge on any atom is -0.370 e. The number of aryl methyl sites for hydroxylation is 1. The van der Waals surface area contributed by atoms with Crippen LogP contribution in [0.3, 0.4) is 0 Å². The minimum atomic E-state index is 0.764. The van der Waals surface area contributed by atoms with Crippen molar-refractivity contribution in [2.24, 2.45) is 0 Å². The quantitative estimate of drug-likeness (QED) is 0.846. The van der Waals surface area contributed by atoms with Gasteiger partial charge in [-0.1, -0.05) is 26.3 Å². The van der Waals surface area contributed by atoms with Crippen LogP contribution in [0.25, 0.3) is 0 Å². The van der Waals surface area contributed by atoms with E-state index in [1.807, 2.05) is 6.20 Å². The zero-order valence-corrected chi connectivity index (χ0v) is 13.2. The second-order valence-corrected chi connectivity index (χ2v) is 5.12. The Morgan fingerprint density at radius 1 is 1.05 bits per heavy atom. The van der Waals surface area contributed by atoms with Crippen molar-refractivity contribution in [2.45, 2.75) is 46.5 Å². The molecule has 0 unspecified atom stereocenters. The molecule has 0 fully saturated rings. The average Bonchev–Trinajstić information content (AvgIpc) is 2.51. The van der Waals surface area contributed by atoms with Gasteiger partial charge in [0, 0.05) is 30.4 Å². The van der Waals surface area contributed by atoms with Crippen molar-refractivity contribution in [3.05, 3.63) is 47.2 Å².